The summed E-state index contributed by atoms with van der Waals surface area (Å²) < 4.78 is 0. The Morgan fingerprint density at radius 1 is 1.30 bits per heavy atom. The predicted molar refractivity (Wildman–Crippen MR) is 76.5 cm³/mol. The maximum Gasteiger partial charge on any atom is 0.289 e. The molecule has 1 aromatic carbocycles. The molecule has 2 rings (SSSR count). The molecule has 1 aliphatic carbocycles. The van der Waals surface area contributed by atoms with E-state index in [0.29, 0.717) is 17.8 Å². The Kier molecular flexibility index (Phi) is 4.53. The Morgan fingerprint density at radius 2 is 1.95 bits per heavy atom. The second-order valence-electron chi connectivity index (χ2n) is 5.08. The fourth-order valence-electron chi connectivity index (χ4n) is 2.63. The van der Waals surface area contributed by atoms with Gasteiger partial charge in [0.2, 0.25) is 0 Å². The largest absolute Gasteiger partial charge is 0.382 e. The van der Waals surface area contributed by atoms with Crippen LogP contribution >= 0.6 is 0 Å². The molecule has 0 amide bonds. The smallest absolute Gasteiger partial charge is 0.289 e. The predicted octanol–water partition coefficient (Wildman–Crippen LogP) is 2.41. The van der Waals surface area contributed by atoms with E-state index >= 15 is 0 Å². The third-order valence-electron chi connectivity index (χ3n) is 3.82. The van der Waals surface area contributed by atoms with Gasteiger partial charge in [-0.2, -0.15) is 5.26 Å². The van der Waals surface area contributed by atoms with E-state index in [9.17, 15) is 10.1 Å². The van der Waals surface area contributed by atoms with E-state index in [1.807, 2.05) is 13.1 Å². The molecule has 0 aromatic heterocycles. The van der Waals surface area contributed by atoms with Crippen LogP contribution in [0.5, 0.6) is 0 Å². The summed E-state index contributed by atoms with van der Waals surface area (Å²) in [6.07, 6.45) is 4.29. The van der Waals surface area contributed by atoms with Crippen LogP contribution in [0.1, 0.15) is 31.2 Å². The van der Waals surface area contributed by atoms with Gasteiger partial charge in [0.15, 0.2) is 0 Å². The van der Waals surface area contributed by atoms with Gasteiger partial charge >= 0.3 is 0 Å². The molecule has 0 radical (unpaired) electrons. The molecule has 0 heterocycles. The molecular formula is C14H18N4O2. The summed E-state index contributed by atoms with van der Waals surface area (Å²) in [4.78, 5) is 10.4. The van der Waals surface area contributed by atoms with Crippen LogP contribution < -0.4 is 10.6 Å². The lowest BCUT2D eigenvalue weighted by Crippen LogP contribution is -2.34. The van der Waals surface area contributed by atoms with Gasteiger partial charge in [0.1, 0.15) is 11.6 Å². The van der Waals surface area contributed by atoms with Crippen LogP contribution in [0.4, 0.5) is 11.4 Å². The number of benzene rings is 1. The van der Waals surface area contributed by atoms with E-state index in [4.69, 9.17) is 5.26 Å². The van der Waals surface area contributed by atoms with Crippen molar-refractivity contribution in [1.82, 2.24) is 5.32 Å². The molecule has 0 aliphatic heterocycles. The van der Waals surface area contributed by atoms with Crippen molar-refractivity contribution in [3.8, 4) is 6.07 Å². The zero-order chi connectivity index (χ0) is 14.5. The molecule has 0 bridgehead atoms. The minimum absolute atomic E-state index is 0.0967. The maximum absolute atomic E-state index is 10.9. The third-order valence-corrected chi connectivity index (χ3v) is 3.82. The summed E-state index contributed by atoms with van der Waals surface area (Å²) in [6.45, 7) is 0. The van der Waals surface area contributed by atoms with Crippen molar-refractivity contribution in [2.45, 2.75) is 37.8 Å². The van der Waals surface area contributed by atoms with Crippen molar-refractivity contribution >= 4 is 11.4 Å². The van der Waals surface area contributed by atoms with Crippen LogP contribution in [0.3, 0.4) is 0 Å². The van der Waals surface area contributed by atoms with Crippen molar-refractivity contribution in [3.05, 3.63) is 33.9 Å². The summed E-state index contributed by atoms with van der Waals surface area (Å²) >= 11 is 0. The molecule has 0 saturated heterocycles. The summed E-state index contributed by atoms with van der Waals surface area (Å²) in [5.74, 6) is 0. The molecule has 106 valence electrons. The van der Waals surface area contributed by atoms with Crippen LogP contribution in [0.25, 0.3) is 0 Å². The molecule has 1 aliphatic rings. The van der Waals surface area contributed by atoms with Crippen LogP contribution in [0.15, 0.2) is 18.2 Å². The normalized spacial score (nSPS) is 22.0. The Bertz CT molecular complexity index is 530. The van der Waals surface area contributed by atoms with Gasteiger partial charge in [0.05, 0.1) is 4.92 Å². The SMILES string of the molecule is CNC1CCC(Nc2ccc(C#N)c([N+](=O)[O-])c2)CC1. The number of nitrogens with one attached hydrogen (secondary N) is 2. The number of rotatable bonds is 4. The van der Waals surface area contributed by atoms with Crippen molar-refractivity contribution in [3.63, 3.8) is 0 Å². The van der Waals surface area contributed by atoms with Crippen molar-refractivity contribution in [2.75, 3.05) is 12.4 Å². The fourth-order valence-corrected chi connectivity index (χ4v) is 2.63. The minimum atomic E-state index is -0.512. The minimum Gasteiger partial charge on any atom is -0.382 e. The highest BCUT2D eigenvalue weighted by molar-refractivity contribution is 5.59. The standard InChI is InChI=1S/C14H18N4O2/c1-16-11-4-6-12(7-5-11)17-13-3-2-10(9-15)14(8-13)18(19)20/h2-3,8,11-12,16-17H,4-7H2,1H3. The molecule has 0 unspecified atom stereocenters. The number of nitro benzene ring substituents is 1. The highest BCUT2D eigenvalue weighted by atomic mass is 16.6. The Hall–Kier alpha value is -2.13. The monoisotopic (exact) mass is 274 g/mol. The van der Waals surface area contributed by atoms with E-state index < -0.39 is 4.92 Å². The first kappa shape index (κ1) is 14.3. The van der Waals surface area contributed by atoms with Gasteiger partial charge in [-0.15, -0.1) is 0 Å². The first-order chi connectivity index (χ1) is 9.63. The van der Waals surface area contributed by atoms with Crippen molar-refractivity contribution in [2.24, 2.45) is 0 Å². The van der Waals surface area contributed by atoms with Crippen molar-refractivity contribution in [1.29, 1.82) is 5.26 Å². The van der Waals surface area contributed by atoms with E-state index in [-0.39, 0.29) is 11.3 Å². The third kappa shape index (κ3) is 3.25. The number of hydrogen-bond donors (Lipinski definition) is 2. The Morgan fingerprint density at radius 3 is 2.50 bits per heavy atom. The van der Waals surface area contributed by atoms with Crippen LogP contribution in [-0.4, -0.2) is 24.1 Å². The quantitative estimate of drug-likeness (QED) is 0.650. The number of hydrogen-bond acceptors (Lipinski definition) is 5. The average Bonchev–Trinajstić information content (AvgIpc) is 2.48. The van der Waals surface area contributed by atoms with E-state index in [1.54, 1.807) is 6.07 Å². The summed E-state index contributed by atoms with van der Waals surface area (Å²) in [7, 11) is 1.97. The Balaban J connectivity index is 2.05. The molecule has 1 fully saturated rings. The summed E-state index contributed by atoms with van der Waals surface area (Å²) in [5, 5.41) is 26.4. The second-order valence-corrected chi connectivity index (χ2v) is 5.08. The number of nitro groups is 1. The fraction of sp³-hybridized carbons (Fsp3) is 0.500. The lowest BCUT2D eigenvalue weighted by Gasteiger charge is -2.29. The molecule has 1 saturated carbocycles. The van der Waals surface area contributed by atoms with Crippen molar-refractivity contribution < 1.29 is 4.92 Å². The number of nitriles is 1. The van der Waals surface area contributed by atoms with Gasteiger partial charge < -0.3 is 10.6 Å². The maximum atomic E-state index is 10.9. The number of anilines is 1. The topological polar surface area (TPSA) is 91.0 Å². The number of nitrogens with zero attached hydrogens (tertiary/aromatic N) is 2. The average molecular weight is 274 g/mol. The first-order valence-corrected chi connectivity index (χ1v) is 6.76. The van der Waals surface area contributed by atoms with Gasteiger partial charge in [0.25, 0.3) is 5.69 Å². The molecule has 1 aromatic rings. The second kappa shape index (κ2) is 6.35. The van der Waals surface area contributed by atoms with E-state index in [2.05, 4.69) is 10.6 Å². The molecule has 0 spiro atoms. The van der Waals surface area contributed by atoms with E-state index in [0.717, 1.165) is 25.7 Å². The van der Waals surface area contributed by atoms with Gasteiger partial charge in [-0.1, -0.05) is 0 Å². The van der Waals surface area contributed by atoms with Crippen LogP contribution in [-0.2, 0) is 0 Å². The molecule has 2 N–H and O–H groups in total. The highest BCUT2D eigenvalue weighted by Crippen LogP contribution is 2.26. The zero-order valence-corrected chi connectivity index (χ0v) is 11.4. The molecule has 20 heavy (non-hydrogen) atoms. The lowest BCUT2D eigenvalue weighted by molar-refractivity contribution is -0.385. The van der Waals surface area contributed by atoms with E-state index in [1.165, 1.54) is 12.1 Å². The van der Waals surface area contributed by atoms with Crippen LogP contribution in [0, 0.1) is 21.4 Å². The van der Waals surface area contributed by atoms with Gasteiger partial charge in [-0.3, -0.25) is 10.1 Å². The zero-order valence-electron chi connectivity index (χ0n) is 11.4. The lowest BCUT2D eigenvalue weighted by atomic mass is 9.91. The molecular weight excluding hydrogens is 256 g/mol. The highest BCUT2D eigenvalue weighted by Gasteiger charge is 2.21. The summed E-state index contributed by atoms with van der Waals surface area (Å²) in [5.41, 5.74) is 0.671. The van der Waals surface area contributed by atoms with Gasteiger partial charge in [-0.25, -0.2) is 0 Å². The molecule has 6 nitrogen and oxygen atoms in total. The molecule has 0 atom stereocenters. The molecule has 6 heteroatoms. The first-order valence-electron chi connectivity index (χ1n) is 6.76. The van der Waals surface area contributed by atoms with Gasteiger partial charge in [0, 0.05) is 23.8 Å². The van der Waals surface area contributed by atoms with Gasteiger partial charge in [-0.05, 0) is 44.9 Å². The Labute approximate surface area is 117 Å². The van der Waals surface area contributed by atoms with Crippen LogP contribution in [0.2, 0.25) is 0 Å². The summed E-state index contributed by atoms with van der Waals surface area (Å²) in [6, 6.07) is 7.43.